The highest BCUT2D eigenvalue weighted by Gasteiger charge is 2.43. The maximum absolute atomic E-state index is 11.7. The second-order valence-electron chi connectivity index (χ2n) is 9.73. The molecular weight excluding hydrogens is 494 g/mol. The van der Waals surface area contributed by atoms with Crippen molar-refractivity contribution in [2.45, 2.75) is 74.5 Å². The zero-order chi connectivity index (χ0) is 26.3. The van der Waals surface area contributed by atoms with Crippen LogP contribution >= 0.6 is 22.4 Å². The van der Waals surface area contributed by atoms with Crippen LogP contribution in [0.1, 0.15) is 81.4 Å². The van der Waals surface area contributed by atoms with Crippen LogP contribution < -0.4 is 4.74 Å². The number of nitrogens with zero attached hydrogens (tertiary/aromatic N) is 1. The molecule has 6 nitrogen and oxygen atoms in total. The normalized spacial score (nSPS) is 18.9. The van der Waals surface area contributed by atoms with Crippen LogP contribution in [-0.2, 0) is 4.79 Å². The number of aliphatic carboxylic acids is 1. The zero-order valence-corrected chi connectivity index (χ0v) is 23.0. The number of carboxylic acid groups (broad SMARTS) is 1. The van der Waals surface area contributed by atoms with Gasteiger partial charge < -0.3 is 9.84 Å². The van der Waals surface area contributed by atoms with Crippen molar-refractivity contribution < 1.29 is 23.7 Å². The van der Waals surface area contributed by atoms with E-state index in [4.69, 9.17) is 9.84 Å². The predicted molar refractivity (Wildman–Crippen MR) is 146 cm³/mol. The number of fused-ring (bicyclic) bond motifs is 1. The van der Waals surface area contributed by atoms with Gasteiger partial charge >= 0.3 is 5.97 Å². The monoisotopic (exact) mass is 531 g/mol. The number of nitriles is 1. The van der Waals surface area contributed by atoms with E-state index >= 15 is 0 Å². The second kappa shape index (κ2) is 12.4. The Morgan fingerprint density at radius 2 is 1.81 bits per heavy atom. The summed E-state index contributed by atoms with van der Waals surface area (Å²) in [6.45, 7) is 3.82. The fraction of sp³-hybridized carbons (Fsp3) is 0.500. The van der Waals surface area contributed by atoms with Gasteiger partial charge in [0.2, 0.25) is 0 Å². The van der Waals surface area contributed by atoms with E-state index in [1.807, 2.05) is 36.6 Å². The molecule has 0 amide bonds. The van der Waals surface area contributed by atoms with Crippen molar-refractivity contribution in [3.8, 4) is 11.8 Å². The minimum absolute atomic E-state index is 0.0884. The summed E-state index contributed by atoms with van der Waals surface area (Å²) in [5.41, 5.74) is 2.23. The molecule has 0 saturated carbocycles. The number of ether oxygens (including phenoxy) is 1. The number of carboxylic acids is 1. The molecule has 8 heteroatoms. The first kappa shape index (κ1) is 28.4. The van der Waals surface area contributed by atoms with Crippen LogP contribution in [0, 0.1) is 16.7 Å². The van der Waals surface area contributed by atoms with E-state index in [0.717, 1.165) is 61.0 Å². The van der Waals surface area contributed by atoms with Gasteiger partial charge in [0.25, 0.3) is 0 Å². The molecule has 0 saturated heterocycles. The fourth-order valence-electron chi connectivity index (χ4n) is 5.30. The number of carbonyl (C=O) groups is 1. The Labute approximate surface area is 220 Å². The average molecular weight is 532 g/mol. The van der Waals surface area contributed by atoms with Crippen molar-refractivity contribution in [1.29, 1.82) is 5.26 Å². The summed E-state index contributed by atoms with van der Waals surface area (Å²) in [6.07, 6.45) is 8.60. The molecule has 196 valence electrons. The van der Waals surface area contributed by atoms with Crippen molar-refractivity contribution in [1.82, 2.24) is 0 Å². The largest absolute Gasteiger partial charge is 0.481 e. The molecule has 36 heavy (non-hydrogen) atoms. The molecule has 1 aliphatic heterocycles. The van der Waals surface area contributed by atoms with E-state index in [9.17, 15) is 19.2 Å². The Balaban J connectivity index is 2.23. The first-order valence-corrected chi connectivity index (χ1v) is 15.4. The van der Waals surface area contributed by atoms with Gasteiger partial charge in [-0.1, -0.05) is 51.7 Å². The Bertz CT molecular complexity index is 1090. The Morgan fingerprint density at radius 3 is 2.33 bits per heavy atom. The van der Waals surface area contributed by atoms with E-state index < -0.39 is 23.2 Å². The topological polar surface area (TPSA) is 111 Å². The zero-order valence-electron chi connectivity index (χ0n) is 21.3. The number of hydrogen-bond acceptors (Lipinski definition) is 6. The Hall–Kier alpha value is -2.18. The molecule has 1 atom stereocenters. The van der Waals surface area contributed by atoms with Gasteiger partial charge in [-0.3, -0.25) is 9.11 Å². The fourth-order valence-corrected chi connectivity index (χ4v) is 8.15. The summed E-state index contributed by atoms with van der Waals surface area (Å²) in [6, 6.07) is 13.4. The summed E-state index contributed by atoms with van der Waals surface area (Å²) in [5, 5.41) is 18.4. The van der Waals surface area contributed by atoms with Crippen molar-refractivity contribution in [3.63, 3.8) is 0 Å². The molecule has 1 heterocycles. The SMILES string of the molecule is CCCCC1(CCCC)CC(c2ccc(C#N)cc2)c2cc(SC)c(OCC(=O)O)cc2S(O)(O)C1. The average Bonchev–Trinajstić information content (AvgIpc) is 2.96. The van der Waals surface area contributed by atoms with Gasteiger partial charge in [-0.25, -0.2) is 4.79 Å². The van der Waals surface area contributed by atoms with Gasteiger partial charge in [0.1, 0.15) is 5.75 Å². The third kappa shape index (κ3) is 6.57. The molecule has 0 radical (unpaired) electrons. The number of benzene rings is 2. The maximum atomic E-state index is 11.7. The molecule has 0 fully saturated rings. The summed E-state index contributed by atoms with van der Waals surface area (Å²) in [5.74, 6) is -0.528. The second-order valence-corrected chi connectivity index (χ2v) is 12.6. The molecule has 0 bridgehead atoms. The first-order valence-electron chi connectivity index (χ1n) is 12.5. The van der Waals surface area contributed by atoms with Crippen LogP contribution in [0.4, 0.5) is 0 Å². The lowest BCUT2D eigenvalue weighted by Crippen LogP contribution is -2.29. The van der Waals surface area contributed by atoms with E-state index in [2.05, 4.69) is 19.9 Å². The quantitative estimate of drug-likeness (QED) is 0.254. The highest BCUT2D eigenvalue weighted by atomic mass is 32.3. The van der Waals surface area contributed by atoms with Crippen molar-refractivity contribution >= 4 is 28.3 Å². The number of thioether (sulfide) groups is 1. The van der Waals surface area contributed by atoms with Crippen LogP contribution in [-0.4, -0.2) is 38.8 Å². The predicted octanol–water partition coefficient (Wildman–Crippen LogP) is 7.76. The number of hydrogen-bond donors (Lipinski definition) is 3. The molecule has 2 aromatic rings. The first-order chi connectivity index (χ1) is 17.2. The summed E-state index contributed by atoms with van der Waals surface area (Å²) in [7, 11) is -3.18. The summed E-state index contributed by atoms with van der Waals surface area (Å²) >= 11 is 1.44. The van der Waals surface area contributed by atoms with Crippen molar-refractivity contribution in [3.05, 3.63) is 53.1 Å². The van der Waals surface area contributed by atoms with Gasteiger partial charge in [0.05, 0.1) is 16.5 Å². The van der Waals surface area contributed by atoms with E-state index in [-0.39, 0.29) is 17.1 Å². The molecule has 2 aromatic carbocycles. The van der Waals surface area contributed by atoms with Gasteiger partial charge in [0.15, 0.2) is 6.61 Å². The van der Waals surface area contributed by atoms with Crippen LogP contribution in [0.2, 0.25) is 0 Å². The third-order valence-corrected chi connectivity index (χ3v) is 9.91. The van der Waals surface area contributed by atoms with Gasteiger partial charge in [-0.15, -0.1) is 11.8 Å². The van der Waals surface area contributed by atoms with Crippen molar-refractivity contribution in [2.24, 2.45) is 5.41 Å². The van der Waals surface area contributed by atoms with Gasteiger partial charge in [0, 0.05) is 22.6 Å². The molecule has 3 N–H and O–H groups in total. The van der Waals surface area contributed by atoms with Crippen LogP contribution in [0.25, 0.3) is 0 Å². The number of rotatable bonds is 11. The van der Waals surface area contributed by atoms with E-state index in [1.165, 1.54) is 11.8 Å². The van der Waals surface area contributed by atoms with Crippen LogP contribution in [0.15, 0.2) is 46.2 Å². The minimum Gasteiger partial charge on any atom is -0.481 e. The Morgan fingerprint density at radius 1 is 1.17 bits per heavy atom. The molecule has 0 aromatic heterocycles. The lowest BCUT2D eigenvalue weighted by molar-refractivity contribution is -0.139. The highest BCUT2D eigenvalue weighted by Crippen LogP contribution is 2.63. The van der Waals surface area contributed by atoms with Crippen LogP contribution in [0.3, 0.4) is 0 Å². The van der Waals surface area contributed by atoms with Crippen LogP contribution in [0.5, 0.6) is 5.75 Å². The summed E-state index contributed by atoms with van der Waals surface area (Å²) in [4.78, 5) is 12.4. The highest BCUT2D eigenvalue weighted by molar-refractivity contribution is 8.24. The van der Waals surface area contributed by atoms with Crippen molar-refractivity contribution in [2.75, 3.05) is 18.6 Å². The lowest BCUT2D eigenvalue weighted by Gasteiger charge is -2.42. The van der Waals surface area contributed by atoms with E-state index in [0.29, 0.717) is 16.2 Å². The van der Waals surface area contributed by atoms with Gasteiger partial charge in [-0.05, 0) is 60.3 Å². The molecule has 1 aliphatic rings. The third-order valence-electron chi connectivity index (χ3n) is 7.08. The standard InChI is InChI=1S/C28H37NO5S2/c1-4-6-12-28(13-7-5-2)16-23(21-10-8-20(17-29)9-11-21)22-14-25(35-3)24(34-18-27(30)31)15-26(22)36(32,33)19-28/h8-11,14-15,23,32-33H,4-7,12-13,16,18-19H2,1-3H3,(H,30,31). The maximum Gasteiger partial charge on any atom is 0.341 e. The molecule has 1 unspecified atom stereocenters. The molecule has 3 rings (SSSR count). The molecular formula is C28H37NO5S2. The van der Waals surface area contributed by atoms with E-state index in [1.54, 1.807) is 6.07 Å². The van der Waals surface area contributed by atoms with Gasteiger partial charge in [-0.2, -0.15) is 15.9 Å². The summed E-state index contributed by atoms with van der Waals surface area (Å²) < 4.78 is 28.9. The molecule has 0 aliphatic carbocycles. The minimum atomic E-state index is -3.18. The molecule has 0 spiro atoms. The number of unbranched alkanes of at least 4 members (excludes halogenated alkanes) is 2. The Kier molecular flexibility index (Phi) is 9.76. The lowest BCUT2D eigenvalue weighted by atomic mass is 9.70. The smallest absolute Gasteiger partial charge is 0.341 e.